The molecule has 15 heteroatoms. The second-order valence-corrected chi connectivity index (χ2v) is 12.0. The second kappa shape index (κ2) is 15.2. The van der Waals surface area contributed by atoms with Gasteiger partial charge >= 0.3 is 12.2 Å². The fourth-order valence-electron chi connectivity index (χ4n) is 5.34. The van der Waals surface area contributed by atoms with Crippen LogP contribution in [0.2, 0.25) is 10.0 Å². The van der Waals surface area contributed by atoms with Gasteiger partial charge in [0.1, 0.15) is 5.69 Å². The van der Waals surface area contributed by atoms with Crippen molar-refractivity contribution in [2.75, 3.05) is 36.8 Å². The van der Waals surface area contributed by atoms with Crippen LogP contribution < -0.4 is 21.5 Å². The highest BCUT2D eigenvalue weighted by atomic mass is 35.5. The molecule has 1 aliphatic rings. The number of pyridine rings is 1. The van der Waals surface area contributed by atoms with Gasteiger partial charge in [0.2, 0.25) is 0 Å². The van der Waals surface area contributed by atoms with E-state index in [1.54, 1.807) is 31.2 Å². The molecule has 48 heavy (non-hydrogen) atoms. The van der Waals surface area contributed by atoms with Crippen LogP contribution in [0.3, 0.4) is 0 Å². The summed E-state index contributed by atoms with van der Waals surface area (Å²) in [7, 11) is 0. The van der Waals surface area contributed by atoms with Crippen molar-refractivity contribution >= 4 is 46.5 Å². The van der Waals surface area contributed by atoms with Crippen molar-refractivity contribution in [2.24, 2.45) is 0 Å². The lowest BCUT2D eigenvalue weighted by Crippen LogP contribution is -2.37. The number of urea groups is 1. The van der Waals surface area contributed by atoms with Crippen molar-refractivity contribution in [3.8, 4) is 22.4 Å². The average Bonchev–Trinajstić information content (AvgIpc) is 3.07. The molecule has 10 nitrogen and oxygen atoms in total. The van der Waals surface area contributed by atoms with Crippen molar-refractivity contribution in [3.63, 3.8) is 0 Å². The van der Waals surface area contributed by atoms with Gasteiger partial charge in [0.25, 0.3) is 11.5 Å². The van der Waals surface area contributed by atoms with Gasteiger partial charge in [-0.3, -0.25) is 14.6 Å². The monoisotopic (exact) mass is 701 g/mol. The molecule has 3 amide bonds. The summed E-state index contributed by atoms with van der Waals surface area (Å²) in [5, 5.41) is 12.3. The zero-order valence-electron chi connectivity index (χ0n) is 25.8. The summed E-state index contributed by atoms with van der Waals surface area (Å²) < 4.78 is 43.1. The van der Waals surface area contributed by atoms with Crippen molar-refractivity contribution in [1.82, 2.24) is 25.0 Å². The molecule has 3 N–H and O–H groups in total. The normalized spacial score (nSPS) is 13.6. The first-order chi connectivity index (χ1) is 22.9. The lowest BCUT2D eigenvalue weighted by Gasteiger charge is -2.26. The van der Waals surface area contributed by atoms with Crippen LogP contribution in [0.25, 0.3) is 22.4 Å². The minimum absolute atomic E-state index is 0.0866. The minimum atomic E-state index is -4.69. The highest BCUT2D eigenvalue weighted by Crippen LogP contribution is 2.35. The minimum Gasteiger partial charge on any atom is -0.351 e. The number of benzene rings is 2. The molecular formula is C33H32Cl2F3N7O3. The third kappa shape index (κ3) is 8.52. The predicted molar refractivity (Wildman–Crippen MR) is 180 cm³/mol. The number of hydrogen-bond donors (Lipinski definition) is 3. The number of likely N-dealkylation sites (tertiary alicyclic amines) is 1. The lowest BCUT2D eigenvalue weighted by molar-refractivity contribution is -0.137. The van der Waals surface area contributed by atoms with Crippen LogP contribution in [0.4, 0.5) is 29.3 Å². The fourth-order valence-corrected chi connectivity index (χ4v) is 5.80. The molecule has 4 aromatic rings. The molecule has 0 spiro atoms. The Bertz CT molecular complexity index is 1860. The summed E-state index contributed by atoms with van der Waals surface area (Å²) in [5.74, 6) is -0.601. The summed E-state index contributed by atoms with van der Waals surface area (Å²) >= 11 is 12.2. The fraction of sp³-hybridized carbons (Fsp3) is 0.303. The highest BCUT2D eigenvalue weighted by molar-refractivity contribution is 6.39. The van der Waals surface area contributed by atoms with Gasteiger partial charge in [-0.25, -0.2) is 9.48 Å². The number of carbonyl (C=O) groups is 2. The number of nitrogens with one attached hydrogen (secondary N) is 3. The molecular weight excluding hydrogens is 670 g/mol. The van der Waals surface area contributed by atoms with E-state index >= 15 is 0 Å². The van der Waals surface area contributed by atoms with Gasteiger partial charge in [0, 0.05) is 43.2 Å². The van der Waals surface area contributed by atoms with E-state index in [4.69, 9.17) is 23.2 Å². The van der Waals surface area contributed by atoms with E-state index in [1.165, 1.54) is 30.9 Å². The number of aromatic nitrogens is 3. The SMILES string of the molecule is CCn1nc(-c2cccc(-c3cc(C(=O)NCCN4CCCCC4)cc(C(F)(F)F)c3)c2)cc(NC(=O)Nc2c(Cl)cncc2Cl)c1=O. The van der Waals surface area contributed by atoms with Crippen LogP contribution in [-0.4, -0.2) is 57.8 Å². The Labute approximate surface area is 284 Å². The lowest BCUT2D eigenvalue weighted by atomic mass is 9.97. The Morgan fingerprint density at radius 3 is 2.31 bits per heavy atom. The van der Waals surface area contributed by atoms with Gasteiger partial charge in [0.05, 0.1) is 27.0 Å². The van der Waals surface area contributed by atoms with E-state index in [0.29, 0.717) is 24.2 Å². The number of aryl methyl sites for hydroxylation is 1. The number of anilines is 2. The van der Waals surface area contributed by atoms with E-state index in [0.717, 1.165) is 42.7 Å². The van der Waals surface area contributed by atoms with Gasteiger partial charge in [-0.2, -0.15) is 18.3 Å². The quantitative estimate of drug-likeness (QED) is 0.170. The molecule has 5 rings (SSSR count). The molecule has 0 saturated carbocycles. The molecule has 3 heterocycles. The van der Waals surface area contributed by atoms with E-state index in [2.05, 4.69) is 30.9 Å². The molecule has 2 aromatic carbocycles. The van der Waals surface area contributed by atoms with Crippen LogP contribution in [0.15, 0.2) is 65.7 Å². The van der Waals surface area contributed by atoms with Gasteiger partial charge in [-0.15, -0.1) is 0 Å². The smallest absolute Gasteiger partial charge is 0.351 e. The number of piperidine rings is 1. The number of carbonyl (C=O) groups excluding carboxylic acids is 2. The summed E-state index contributed by atoms with van der Waals surface area (Å²) in [6.45, 7) is 4.66. The summed E-state index contributed by atoms with van der Waals surface area (Å²) in [5.41, 5.74) is -0.433. The third-order valence-electron chi connectivity index (χ3n) is 7.79. The van der Waals surface area contributed by atoms with Crippen molar-refractivity contribution in [2.45, 2.75) is 38.9 Å². The number of rotatable bonds is 9. The number of amides is 3. The standard InChI is InChI=1S/C33H32Cl2F3N7O3/c1-2-45-31(47)28(41-32(48)42-29-25(34)18-39-19-26(29)35)17-27(43-45)21-8-6-7-20(13-21)22-14-23(16-24(15-22)33(36,37)38)30(46)40-9-12-44-10-4-3-5-11-44/h6-8,13-19H,2-5,9-12H2,1H3,(H,40,46)(H2,39,41,42,48). The first kappa shape index (κ1) is 34.9. The van der Waals surface area contributed by atoms with Gasteiger partial charge in [0.15, 0.2) is 0 Å². The highest BCUT2D eigenvalue weighted by Gasteiger charge is 2.32. The molecule has 252 valence electrons. The molecule has 0 radical (unpaired) electrons. The molecule has 1 fully saturated rings. The number of alkyl halides is 3. The number of hydrogen-bond acceptors (Lipinski definition) is 6. The van der Waals surface area contributed by atoms with Crippen LogP contribution in [0, 0.1) is 0 Å². The molecule has 0 bridgehead atoms. The Morgan fingerprint density at radius 2 is 1.62 bits per heavy atom. The molecule has 0 aliphatic carbocycles. The topological polar surface area (TPSA) is 121 Å². The summed E-state index contributed by atoms with van der Waals surface area (Å²) in [6.07, 6.45) is 1.23. The molecule has 1 aliphatic heterocycles. The van der Waals surface area contributed by atoms with E-state index in [-0.39, 0.29) is 44.8 Å². The molecule has 2 aromatic heterocycles. The van der Waals surface area contributed by atoms with Gasteiger partial charge < -0.3 is 20.9 Å². The van der Waals surface area contributed by atoms with Crippen molar-refractivity contribution in [3.05, 3.63) is 92.5 Å². The summed E-state index contributed by atoms with van der Waals surface area (Å²) in [6, 6.07) is 10.3. The molecule has 0 atom stereocenters. The number of nitrogens with zero attached hydrogens (tertiary/aromatic N) is 4. The second-order valence-electron chi connectivity index (χ2n) is 11.2. The maximum Gasteiger partial charge on any atom is 0.416 e. The zero-order valence-corrected chi connectivity index (χ0v) is 27.3. The Hall–Kier alpha value is -4.46. The predicted octanol–water partition coefficient (Wildman–Crippen LogP) is 7.18. The largest absolute Gasteiger partial charge is 0.416 e. The first-order valence-electron chi connectivity index (χ1n) is 15.3. The molecule has 1 saturated heterocycles. The van der Waals surface area contributed by atoms with Crippen molar-refractivity contribution in [1.29, 1.82) is 0 Å². The number of halogens is 5. The maximum atomic E-state index is 14.0. The third-order valence-corrected chi connectivity index (χ3v) is 8.36. The van der Waals surface area contributed by atoms with E-state index < -0.39 is 29.2 Å². The summed E-state index contributed by atoms with van der Waals surface area (Å²) in [4.78, 5) is 44.9. The van der Waals surface area contributed by atoms with Gasteiger partial charge in [-0.1, -0.05) is 47.8 Å². The Morgan fingerprint density at radius 1 is 0.917 bits per heavy atom. The molecule has 0 unspecified atom stereocenters. The maximum absolute atomic E-state index is 14.0. The van der Waals surface area contributed by atoms with Crippen LogP contribution >= 0.6 is 23.2 Å². The Kier molecular flexibility index (Phi) is 11.0. The van der Waals surface area contributed by atoms with Crippen molar-refractivity contribution < 1.29 is 22.8 Å². The first-order valence-corrected chi connectivity index (χ1v) is 16.0. The Balaban J connectivity index is 1.43. The zero-order chi connectivity index (χ0) is 34.4. The van der Waals surface area contributed by atoms with Crippen LogP contribution in [0.1, 0.15) is 42.1 Å². The van der Waals surface area contributed by atoms with Crippen LogP contribution in [0.5, 0.6) is 0 Å². The average molecular weight is 703 g/mol. The van der Waals surface area contributed by atoms with E-state index in [9.17, 15) is 27.6 Å². The van der Waals surface area contributed by atoms with Gasteiger partial charge in [-0.05, 0) is 74.3 Å². The van der Waals surface area contributed by atoms with Crippen LogP contribution in [-0.2, 0) is 12.7 Å². The van der Waals surface area contributed by atoms with E-state index in [1.807, 2.05) is 0 Å².